The molecule has 0 spiro atoms. The van der Waals surface area contributed by atoms with E-state index in [0.717, 1.165) is 6.54 Å². The van der Waals surface area contributed by atoms with Crippen molar-refractivity contribution in [3.8, 4) is 0 Å². The zero-order chi connectivity index (χ0) is 14.8. The van der Waals surface area contributed by atoms with E-state index in [2.05, 4.69) is 66.1 Å². The summed E-state index contributed by atoms with van der Waals surface area (Å²) in [6.07, 6.45) is 3.73. The topological polar surface area (TPSA) is 29.9 Å². The second kappa shape index (κ2) is 5.70. The lowest BCUT2D eigenvalue weighted by Crippen LogP contribution is -2.20. The van der Waals surface area contributed by atoms with Crippen molar-refractivity contribution in [1.29, 1.82) is 0 Å². The van der Waals surface area contributed by atoms with E-state index in [4.69, 9.17) is 0 Å². The molecular weight excluding hydrogens is 258 g/mol. The minimum Gasteiger partial charge on any atom is -0.346 e. The molecule has 2 heterocycles. The van der Waals surface area contributed by atoms with Gasteiger partial charge in [0.1, 0.15) is 0 Å². The average molecular weight is 279 g/mol. The molecule has 0 saturated heterocycles. The molecule has 0 fully saturated rings. The van der Waals surface area contributed by atoms with Crippen LogP contribution in [0.2, 0.25) is 0 Å². The molecule has 0 aliphatic rings. The summed E-state index contributed by atoms with van der Waals surface area (Å²) in [4.78, 5) is 4.19. The number of fused-ring (bicyclic) bond motifs is 1. The van der Waals surface area contributed by atoms with E-state index in [0.29, 0.717) is 0 Å². The summed E-state index contributed by atoms with van der Waals surface area (Å²) in [7, 11) is 2.14. The zero-order valence-electron chi connectivity index (χ0n) is 12.8. The number of hydrogen-bond acceptors (Lipinski definition) is 2. The first-order chi connectivity index (χ1) is 10.2. The second-order valence-corrected chi connectivity index (χ2v) is 5.54. The molecule has 3 aromatic rings. The molecule has 2 aromatic heterocycles. The summed E-state index contributed by atoms with van der Waals surface area (Å²) < 4.78 is 2.29. The van der Waals surface area contributed by atoms with Gasteiger partial charge in [0.25, 0.3) is 0 Å². The van der Waals surface area contributed by atoms with Gasteiger partial charge in [0.05, 0.1) is 0 Å². The number of pyridine rings is 1. The van der Waals surface area contributed by atoms with E-state index in [1.807, 2.05) is 18.5 Å². The Morgan fingerprint density at radius 1 is 1.19 bits per heavy atom. The number of nitrogens with zero attached hydrogens (tertiary/aromatic N) is 2. The van der Waals surface area contributed by atoms with Crippen LogP contribution in [0.4, 0.5) is 0 Å². The molecule has 0 aliphatic carbocycles. The van der Waals surface area contributed by atoms with Crippen molar-refractivity contribution in [2.75, 3.05) is 0 Å². The largest absolute Gasteiger partial charge is 0.346 e. The lowest BCUT2D eigenvalue weighted by Gasteiger charge is -2.15. The van der Waals surface area contributed by atoms with E-state index in [9.17, 15) is 0 Å². The van der Waals surface area contributed by atoms with E-state index >= 15 is 0 Å². The maximum atomic E-state index is 4.19. The summed E-state index contributed by atoms with van der Waals surface area (Å²) in [5.41, 5.74) is 5.21. The Hall–Kier alpha value is -2.13. The van der Waals surface area contributed by atoms with Gasteiger partial charge in [0.15, 0.2) is 0 Å². The third kappa shape index (κ3) is 2.57. The van der Waals surface area contributed by atoms with Crippen molar-refractivity contribution in [1.82, 2.24) is 14.9 Å². The van der Waals surface area contributed by atoms with Crippen LogP contribution in [-0.2, 0) is 13.6 Å². The van der Waals surface area contributed by atoms with E-state index in [1.165, 1.54) is 27.7 Å². The standard InChI is InChI=1S/C18H21N3/c1-13-16-8-4-5-9-17(16)21(3)18(13)12-20-14(2)15-7-6-10-19-11-15/h4-11,14,20H,12H2,1-3H3/t14-/m0/s1. The number of hydrogen-bond donors (Lipinski definition) is 1. The number of aromatic nitrogens is 2. The first-order valence-corrected chi connectivity index (χ1v) is 7.34. The summed E-state index contributed by atoms with van der Waals surface area (Å²) in [5.74, 6) is 0. The first kappa shape index (κ1) is 13.8. The number of rotatable bonds is 4. The van der Waals surface area contributed by atoms with Crippen LogP contribution >= 0.6 is 0 Å². The van der Waals surface area contributed by atoms with Crippen LogP contribution in [0.5, 0.6) is 0 Å². The maximum absolute atomic E-state index is 4.19. The fraction of sp³-hybridized carbons (Fsp3) is 0.278. The van der Waals surface area contributed by atoms with Gasteiger partial charge in [-0.2, -0.15) is 0 Å². The van der Waals surface area contributed by atoms with Gasteiger partial charge < -0.3 is 9.88 Å². The van der Waals surface area contributed by atoms with Gasteiger partial charge in [-0.05, 0) is 37.1 Å². The summed E-state index contributed by atoms with van der Waals surface area (Å²) in [5, 5.41) is 4.94. The molecule has 21 heavy (non-hydrogen) atoms. The highest BCUT2D eigenvalue weighted by Gasteiger charge is 2.12. The van der Waals surface area contributed by atoms with Crippen molar-refractivity contribution in [2.24, 2.45) is 7.05 Å². The molecule has 0 bridgehead atoms. The van der Waals surface area contributed by atoms with E-state index in [-0.39, 0.29) is 6.04 Å². The quantitative estimate of drug-likeness (QED) is 0.788. The lowest BCUT2D eigenvalue weighted by molar-refractivity contribution is 0.556. The van der Waals surface area contributed by atoms with Gasteiger partial charge in [-0.15, -0.1) is 0 Å². The SMILES string of the molecule is Cc1c(CN[C@@H](C)c2cccnc2)n(C)c2ccccc12. The molecule has 1 aromatic carbocycles. The second-order valence-electron chi connectivity index (χ2n) is 5.54. The fourth-order valence-corrected chi connectivity index (χ4v) is 2.89. The Morgan fingerprint density at radius 2 is 2.00 bits per heavy atom. The number of para-hydroxylation sites is 1. The number of benzene rings is 1. The third-order valence-corrected chi connectivity index (χ3v) is 4.27. The molecule has 0 aliphatic heterocycles. The zero-order valence-corrected chi connectivity index (χ0v) is 12.8. The molecule has 0 amide bonds. The van der Waals surface area contributed by atoms with E-state index < -0.39 is 0 Å². The van der Waals surface area contributed by atoms with Crippen molar-refractivity contribution in [3.05, 3.63) is 65.6 Å². The molecule has 1 N–H and O–H groups in total. The Morgan fingerprint density at radius 3 is 2.71 bits per heavy atom. The van der Waals surface area contributed by atoms with Gasteiger partial charge in [0, 0.05) is 48.6 Å². The van der Waals surface area contributed by atoms with Gasteiger partial charge in [-0.1, -0.05) is 24.3 Å². The van der Waals surface area contributed by atoms with Crippen molar-refractivity contribution < 1.29 is 0 Å². The molecular formula is C18H21N3. The van der Waals surface area contributed by atoms with Crippen LogP contribution in [0.1, 0.15) is 29.8 Å². The molecule has 3 rings (SSSR count). The molecule has 3 nitrogen and oxygen atoms in total. The van der Waals surface area contributed by atoms with Gasteiger partial charge in [-0.3, -0.25) is 4.98 Å². The predicted octanol–water partition coefficient (Wildman–Crippen LogP) is 3.73. The first-order valence-electron chi connectivity index (χ1n) is 7.34. The summed E-state index contributed by atoms with van der Waals surface area (Å²) >= 11 is 0. The maximum Gasteiger partial charge on any atom is 0.0483 e. The Bertz CT molecular complexity index is 705. The monoisotopic (exact) mass is 279 g/mol. The van der Waals surface area contributed by atoms with Gasteiger partial charge >= 0.3 is 0 Å². The van der Waals surface area contributed by atoms with Crippen molar-refractivity contribution >= 4 is 10.9 Å². The summed E-state index contributed by atoms with van der Waals surface area (Å²) in [6.45, 7) is 5.23. The minimum absolute atomic E-state index is 0.288. The minimum atomic E-state index is 0.288. The average Bonchev–Trinajstić information content (AvgIpc) is 2.78. The highest BCUT2D eigenvalue weighted by molar-refractivity contribution is 5.85. The Kier molecular flexibility index (Phi) is 3.76. The van der Waals surface area contributed by atoms with Crippen LogP contribution in [-0.4, -0.2) is 9.55 Å². The smallest absolute Gasteiger partial charge is 0.0483 e. The third-order valence-electron chi connectivity index (χ3n) is 4.27. The van der Waals surface area contributed by atoms with Crippen LogP contribution in [0.25, 0.3) is 10.9 Å². The Labute approximate surface area is 125 Å². The lowest BCUT2D eigenvalue weighted by atomic mass is 10.1. The number of aryl methyl sites for hydroxylation is 2. The van der Waals surface area contributed by atoms with Crippen molar-refractivity contribution in [3.63, 3.8) is 0 Å². The highest BCUT2D eigenvalue weighted by Crippen LogP contribution is 2.24. The predicted molar refractivity (Wildman–Crippen MR) is 87.1 cm³/mol. The van der Waals surface area contributed by atoms with Crippen LogP contribution in [0.15, 0.2) is 48.8 Å². The highest BCUT2D eigenvalue weighted by atomic mass is 15.0. The van der Waals surface area contributed by atoms with E-state index in [1.54, 1.807) is 0 Å². The normalized spacial score (nSPS) is 12.7. The van der Waals surface area contributed by atoms with Crippen molar-refractivity contribution in [2.45, 2.75) is 26.4 Å². The molecule has 0 radical (unpaired) electrons. The Balaban J connectivity index is 1.83. The fourth-order valence-electron chi connectivity index (χ4n) is 2.89. The van der Waals surface area contributed by atoms with Crippen LogP contribution < -0.4 is 5.32 Å². The molecule has 1 atom stereocenters. The molecule has 0 unspecified atom stereocenters. The van der Waals surface area contributed by atoms with Gasteiger partial charge in [0.2, 0.25) is 0 Å². The molecule has 0 saturated carbocycles. The van der Waals surface area contributed by atoms with Crippen LogP contribution in [0.3, 0.4) is 0 Å². The van der Waals surface area contributed by atoms with Gasteiger partial charge in [-0.25, -0.2) is 0 Å². The van der Waals surface area contributed by atoms with Crippen LogP contribution in [0, 0.1) is 6.92 Å². The summed E-state index contributed by atoms with van der Waals surface area (Å²) in [6, 6.07) is 12.9. The molecule has 3 heteroatoms. The molecule has 108 valence electrons. The number of nitrogens with one attached hydrogen (secondary N) is 1.